The number of nitrogens with two attached hydrogens (primary N) is 2. The van der Waals surface area contributed by atoms with Crippen molar-refractivity contribution in [2.45, 2.75) is 6.92 Å². The van der Waals surface area contributed by atoms with Gasteiger partial charge >= 0.3 is 0 Å². The van der Waals surface area contributed by atoms with Crippen LogP contribution in [0.2, 0.25) is 0 Å². The minimum Gasteiger partial charge on any atom is -0.321 e. The largest absolute Gasteiger partial charge is 0.321 e. The summed E-state index contributed by atoms with van der Waals surface area (Å²) in [5.41, 5.74) is 2.29. The molecule has 0 radical (unpaired) electrons. The standard InChI is InChI=1S/C4H10N4/c1-2-3-4(7-5)8-6/h2-3H,5-6H2,1H3,(H,7,8)/b3-2+. The summed E-state index contributed by atoms with van der Waals surface area (Å²) in [7, 11) is 0. The SMILES string of the molecule is C/C=C/C(=N/N)NN. The summed E-state index contributed by atoms with van der Waals surface area (Å²) in [5.74, 6) is 10.3. The van der Waals surface area contributed by atoms with Crippen molar-refractivity contribution in [1.29, 1.82) is 0 Å². The topological polar surface area (TPSA) is 76.4 Å². The average molecular weight is 114 g/mol. The van der Waals surface area contributed by atoms with Crippen LogP contribution in [0.1, 0.15) is 6.92 Å². The number of hydrazone groups is 1. The minimum absolute atomic E-state index is 0.465. The fourth-order valence-electron chi connectivity index (χ4n) is 0.286. The Morgan fingerprint density at radius 2 is 2.38 bits per heavy atom. The predicted octanol–water partition coefficient (Wildman–Crippen LogP) is -0.702. The fraction of sp³-hybridized carbons (Fsp3) is 0.250. The molecule has 0 aliphatic rings. The Morgan fingerprint density at radius 1 is 1.75 bits per heavy atom. The Kier molecular flexibility index (Phi) is 3.60. The van der Waals surface area contributed by atoms with Gasteiger partial charge in [-0.3, -0.25) is 0 Å². The Hall–Kier alpha value is -1.03. The zero-order valence-electron chi connectivity index (χ0n) is 4.76. The zero-order chi connectivity index (χ0) is 6.41. The number of hydrazine groups is 1. The van der Waals surface area contributed by atoms with E-state index in [9.17, 15) is 0 Å². The van der Waals surface area contributed by atoms with Crippen LogP contribution in [0.4, 0.5) is 0 Å². The van der Waals surface area contributed by atoms with Gasteiger partial charge in [-0.25, -0.2) is 5.84 Å². The van der Waals surface area contributed by atoms with Gasteiger partial charge in [0.05, 0.1) is 0 Å². The molecule has 0 spiro atoms. The van der Waals surface area contributed by atoms with E-state index >= 15 is 0 Å². The summed E-state index contributed by atoms with van der Waals surface area (Å²) < 4.78 is 0. The van der Waals surface area contributed by atoms with E-state index in [-0.39, 0.29) is 0 Å². The minimum atomic E-state index is 0.465. The van der Waals surface area contributed by atoms with Crippen molar-refractivity contribution in [3.8, 4) is 0 Å². The summed E-state index contributed by atoms with van der Waals surface area (Å²) >= 11 is 0. The van der Waals surface area contributed by atoms with E-state index in [1.165, 1.54) is 0 Å². The summed E-state index contributed by atoms with van der Waals surface area (Å²) in [6, 6.07) is 0. The lowest BCUT2D eigenvalue weighted by Crippen LogP contribution is -2.29. The third kappa shape index (κ3) is 2.20. The number of nitrogens with one attached hydrogen (secondary N) is 1. The van der Waals surface area contributed by atoms with Gasteiger partial charge < -0.3 is 11.3 Å². The smallest absolute Gasteiger partial charge is 0.159 e. The van der Waals surface area contributed by atoms with E-state index in [0.717, 1.165) is 0 Å². The second kappa shape index (κ2) is 4.14. The van der Waals surface area contributed by atoms with Crippen LogP contribution in [-0.2, 0) is 0 Å². The first-order chi connectivity index (χ1) is 3.85. The highest BCUT2D eigenvalue weighted by Gasteiger charge is 1.80. The lowest BCUT2D eigenvalue weighted by atomic mass is 10.5. The fourth-order valence-corrected chi connectivity index (χ4v) is 0.286. The van der Waals surface area contributed by atoms with E-state index in [1.807, 2.05) is 6.92 Å². The van der Waals surface area contributed by atoms with Crippen molar-refractivity contribution >= 4 is 5.84 Å². The number of hydrogen-bond donors (Lipinski definition) is 3. The van der Waals surface area contributed by atoms with E-state index in [2.05, 4.69) is 10.5 Å². The van der Waals surface area contributed by atoms with Crippen LogP contribution in [0, 0.1) is 0 Å². The summed E-state index contributed by atoms with van der Waals surface area (Å²) in [4.78, 5) is 0. The summed E-state index contributed by atoms with van der Waals surface area (Å²) in [6.45, 7) is 1.85. The van der Waals surface area contributed by atoms with Crippen LogP contribution < -0.4 is 17.1 Å². The molecule has 0 amide bonds. The molecule has 0 aromatic carbocycles. The molecule has 46 valence electrons. The Labute approximate surface area is 48.2 Å². The zero-order valence-corrected chi connectivity index (χ0v) is 4.76. The second-order valence-corrected chi connectivity index (χ2v) is 1.16. The molecular weight excluding hydrogens is 104 g/mol. The van der Waals surface area contributed by atoms with E-state index in [4.69, 9.17) is 11.7 Å². The number of rotatable bonds is 1. The quantitative estimate of drug-likeness (QED) is 0.182. The molecule has 0 saturated carbocycles. The van der Waals surface area contributed by atoms with Crippen molar-refractivity contribution in [1.82, 2.24) is 5.43 Å². The van der Waals surface area contributed by atoms with Crippen molar-refractivity contribution in [2.24, 2.45) is 16.8 Å². The van der Waals surface area contributed by atoms with E-state index in [0.29, 0.717) is 5.84 Å². The Bertz CT molecular complexity index is 102. The van der Waals surface area contributed by atoms with Gasteiger partial charge in [-0.05, 0) is 13.0 Å². The number of nitrogens with zero attached hydrogens (tertiary/aromatic N) is 1. The van der Waals surface area contributed by atoms with E-state index < -0.39 is 0 Å². The third-order valence-electron chi connectivity index (χ3n) is 0.612. The first-order valence-electron chi connectivity index (χ1n) is 2.22. The van der Waals surface area contributed by atoms with Crippen molar-refractivity contribution in [3.63, 3.8) is 0 Å². The van der Waals surface area contributed by atoms with Gasteiger partial charge in [0.1, 0.15) is 0 Å². The average Bonchev–Trinajstić information content (AvgIpc) is 1.83. The molecule has 0 saturated heterocycles. The highest BCUT2D eigenvalue weighted by molar-refractivity contribution is 5.91. The lowest BCUT2D eigenvalue weighted by molar-refractivity contribution is 1.01. The summed E-state index contributed by atoms with van der Waals surface area (Å²) in [6.07, 6.45) is 3.45. The van der Waals surface area contributed by atoms with Gasteiger partial charge in [-0.15, -0.1) is 0 Å². The second-order valence-electron chi connectivity index (χ2n) is 1.16. The third-order valence-corrected chi connectivity index (χ3v) is 0.612. The number of hydrogen-bond acceptors (Lipinski definition) is 3. The van der Waals surface area contributed by atoms with Crippen molar-refractivity contribution in [3.05, 3.63) is 12.2 Å². The number of allylic oxidation sites excluding steroid dienone is 1. The van der Waals surface area contributed by atoms with Crippen LogP contribution in [0.5, 0.6) is 0 Å². The van der Waals surface area contributed by atoms with Crippen molar-refractivity contribution in [2.75, 3.05) is 0 Å². The maximum atomic E-state index is 4.96. The van der Waals surface area contributed by atoms with Gasteiger partial charge in [0, 0.05) is 0 Å². The Balaban J connectivity index is 3.72. The molecule has 0 aromatic heterocycles. The first-order valence-corrected chi connectivity index (χ1v) is 2.22. The molecule has 0 aliphatic carbocycles. The van der Waals surface area contributed by atoms with Crippen LogP contribution in [0.25, 0.3) is 0 Å². The van der Waals surface area contributed by atoms with Gasteiger partial charge in [-0.2, -0.15) is 5.10 Å². The molecule has 4 heteroatoms. The van der Waals surface area contributed by atoms with Crippen LogP contribution in [0.15, 0.2) is 17.3 Å². The highest BCUT2D eigenvalue weighted by atomic mass is 15.3. The van der Waals surface area contributed by atoms with Crippen molar-refractivity contribution < 1.29 is 0 Å². The maximum Gasteiger partial charge on any atom is 0.159 e. The van der Waals surface area contributed by atoms with E-state index in [1.54, 1.807) is 12.2 Å². The normalized spacial score (nSPS) is 12.5. The van der Waals surface area contributed by atoms with Crippen LogP contribution in [0.3, 0.4) is 0 Å². The molecule has 0 unspecified atom stereocenters. The molecule has 0 bridgehead atoms. The lowest BCUT2D eigenvalue weighted by Gasteiger charge is -1.92. The van der Waals surface area contributed by atoms with Gasteiger partial charge in [0.2, 0.25) is 0 Å². The van der Waals surface area contributed by atoms with Crippen LogP contribution in [-0.4, -0.2) is 5.84 Å². The van der Waals surface area contributed by atoms with Gasteiger partial charge in [0.25, 0.3) is 0 Å². The van der Waals surface area contributed by atoms with Gasteiger partial charge in [-0.1, -0.05) is 6.08 Å². The molecule has 0 atom stereocenters. The molecule has 0 aromatic rings. The Morgan fingerprint density at radius 3 is 2.50 bits per heavy atom. The first kappa shape index (κ1) is 6.97. The molecule has 0 aliphatic heterocycles. The molecule has 8 heavy (non-hydrogen) atoms. The number of amidine groups is 1. The summed E-state index contributed by atoms with van der Waals surface area (Å²) in [5, 5.41) is 3.29. The predicted molar refractivity (Wildman–Crippen MR) is 33.8 cm³/mol. The molecule has 0 rings (SSSR count). The van der Waals surface area contributed by atoms with Crippen LogP contribution >= 0.6 is 0 Å². The molecule has 4 nitrogen and oxygen atoms in total. The van der Waals surface area contributed by atoms with Gasteiger partial charge in [0.15, 0.2) is 5.84 Å². The molecule has 0 fully saturated rings. The molecule has 0 heterocycles. The highest BCUT2D eigenvalue weighted by Crippen LogP contribution is 1.69. The molecule has 5 N–H and O–H groups in total. The monoisotopic (exact) mass is 114 g/mol. The molecular formula is C4H10N4. The maximum absolute atomic E-state index is 4.96.